The van der Waals surface area contributed by atoms with Crippen molar-refractivity contribution in [3.8, 4) is 5.75 Å². The lowest BCUT2D eigenvalue weighted by atomic mass is 9.87. The largest absolute Gasteiger partial charge is 0.435 e. The van der Waals surface area contributed by atoms with E-state index in [-0.39, 0.29) is 17.6 Å². The summed E-state index contributed by atoms with van der Waals surface area (Å²) in [6.45, 7) is 2.68. The fourth-order valence-corrected chi connectivity index (χ4v) is 5.25. The molecule has 3 aromatic rings. The van der Waals surface area contributed by atoms with Gasteiger partial charge in [-0.05, 0) is 110 Å². The zero-order valence-electron chi connectivity index (χ0n) is 20.6. The fraction of sp³-hybridized carbons (Fsp3) is 0.357. The van der Waals surface area contributed by atoms with Crippen LogP contribution >= 0.6 is 11.3 Å². The third kappa shape index (κ3) is 5.93. The second-order valence-electron chi connectivity index (χ2n) is 9.90. The van der Waals surface area contributed by atoms with E-state index in [9.17, 15) is 18.4 Å². The van der Waals surface area contributed by atoms with Gasteiger partial charge in [0.15, 0.2) is 0 Å². The lowest BCUT2D eigenvalue weighted by Gasteiger charge is -2.34. The highest BCUT2D eigenvalue weighted by molar-refractivity contribution is 7.08. The molecule has 0 fully saturated rings. The van der Waals surface area contributed by atoms with Crippen LogP contribution in [0.4, 0.5) is 14.5 Å². The van der Waals surface area contributed by atoms with Crippen molar-refractivity contribution in [2.24, 2.45) is 0 Å². The SMILES string of the molecule is CC(C)(C)NC(=O)C(c1ccsc1)N(C(=O)c1cccc2c1CCCC2)c1ccc(OC(F)F)cc1. The van der Waals surface area contributed by atoms with E-state index in [0.717, 1.165) is 36.8 Å². The minimum absolute atomic E-state index is 0.0236. The van der Waals surface area contributed by atoms with Crippen molar-refractivity contribution in [2.45, 2.75) is 64.6 Å². The first-order chi connectivity index (χ1) is 17.1. The Morgan fingerprint density at radius 1 is 1.03 bits per heavy atom. The third-order valence-electron chi connectivity index (χ3n) is 6.05. The number of carbonyl (C=O) groups excluding carboxylic acids is 2. The summed E-state index contributed by atoms with van der Waals surface area (Å²) in [4.78, 5) is 29.4. The summed E-state index contributed by atoms with van der Waals surface area (Å²) in [6, 6.07) is 12.4. The number of fused-ring (bicyclic) bond motifs is 1. The number of aryl methyl sites for hydroxylation is 1. The third-order valence-corrected chi connectivity index (χ3v) is 6.75. The molecule has 190 valence electrons. The standard InChI is InChI=1S/C28H30F2N2O3S/c1-28(2,3)31-25(33)24(19-15-16-36-17-19)32(20-11-13-21(14-12-20)35-27(29)30)26(34)23-10-6-8-18-7-4-5-9-22(18)23/h6,8,10-17,24,27H,4-5,7,9H2,1-3H3,(H,31,33). The van der Waals surface area contributed by atoms with Crippen LogP contribution in [0, 0.1) is 0 Å². The summed E-state index contributed by atoms with van der Waals surface area (Å²) in [7, 11) is 0. The van der Waals surface area contributed by atoms with Gasteiger partial charge in [0.2, 0.25) is 5.91 Å². The summed E-state index contributed by atoms with van der Waals surface area (Å²) < 4.78 is 30.0. The Bertz CT molecular complexity index is 1200. The van der Waals surface area contributed by atoms with E-state index in [2.05, 4.69) is 16.1 Å². The van der Waals surface area contributed by atoms with Crippen LogP contribution in [0.1, 0.15) is 66.7 Å². The molecule has 0 spiro atoms. The van der Waals surface area contributed by atoms with Gasteiger partial charge >= 0.3 is 6.61 Å². The highest BCUT2D eigenvalue weighted by Gasteiger charge is 2.36. The van der Waals surface area contributed by atoms with Gasteiger partial charge in [0, 0.05) is 16.8 Å². The topological polar surface area (TPSA) is 58.6 Å². The van der Waals surface area contributed by atoms with E-state index in [4.69, 9.17) is 0 Å². The molecule has 0 aliphatic heterocycles. The van der Waals surface area contributed by atoms with E-state index >= 15 is 0 Å². The van der Waals surface area contributed by atoms with Gasteiger partial charge in [0.25, 0.3) is 5.91 Å². The lowest BCUT2D eigenvalue weighted by molar-refractivity contribution is -0.123. The van der Waals surface area contributed by atoms with E-state index in [1.54, 1.807) is 6.07 Å². The summed E-state index contributed by atoms with van der Waals surface area (Å²) in [5.74, 6) is -0.659. The molecule has 8 heteroatoms. The molecule has 0 radical (unpaired) electrons. The summed E-state index contributed by atoms with van der Waals surface area (Å²) in [5.41, 5.74) is 3.28. The molecule has 36 heavy (non-hydrogen) atoms. The van der Waals surface area contributed by atoms with Gasteiger partial charge in [-0.3, -0.25) is 14.5 Å². The number of amides is 2. The molecule has 2 aromatic carbocycles. The van der Waals surface area contributed by atoms with E-state index in [1.165, 1.54) is 40.5 Å². The summed E-state index contributed by atoms with van der Waals surface area (Å²) >= 11 is 1.43. The number of hydrogen-bond donors (Lipinski definition) is 1. The normalized spacial score (nSPS) is 14.2. The van der Waals surface area contributed by atoms with Crippen LogP contribution in [0.15, 0.2) is 59.3 Å². The van der Waals surface area contributed by atoms with Crippen LogP contribution in [0.3, 0.4) is 0 Å². The van der Waals surface area contributed by atoms with Gasteiger partial charge in [0.1, 0.15) is 11.8 Å². The average Bonchev–Trinajstić information content (AvgIpc) is 3.35. The highest BCUT2D eigenvalue weighted by Crippen LogP contribution is 2.34. The van der Waals surface area contributed by atoms with Gasteiger partial charge in [0.05, 0.1) is 0 Å². The molecule has 1 N–H and O–H groups in total. The van der Waals surface area contributed by atoms with Crippen LogP contribution in [-0.2, 0) is 17.6 Å². The molecule has 2 amide bonds. The predicted molar refractivity (Wildman–Crippen MR) is 138 cm³/mol. The second-order valence-corrected chi connectivity index (χ2v) is 10.7. The number of carbonyl (C=O) groups is 2. The first-order valence-electron chi connectivity index (χ1n) is 12.0. The number of nitrogens with one attached hydrogen (secondary N) is 1. The number of ether oxygens (including phenoxy) is 1. The molecule has 1 aliphatic carbocycles. The lowest BCUT2D eigenvalue weighted by Crippen LogP contribution is -2.49. The number of thiophene rings is 1. The van der Waals surface area contributed by atoms with Gasteiger partial charge in [-0.15, -0.1) is 0 Å². The molecule has 1 atom stereocenters. The number of halogens is 2. The molecular formula is C28H30F2N2O3S. The predicted octanol–water partition coefficient (Wildman–Crippen LogP) is 6.53. The fourth-order valence-electron chi connectivity index (χ4n) is 4.57. The van der Waals surface area contributed by atoms with Crippen molar-refractivity contribution in [1.29, 1.82) is 0 Å². The monoisotopic (exact) mass is 512 g/mol. The smallest absolute Gasteiger partial charge is 0.387 e. The van der Waals surface area contributed by atoms with Crippen LogP contribution in [0.25, 0.3) is 0 Å². The van der Waals surface area contributed by atoms with Crippen molar-refractivity contribution in [2.75, 3.05) is 4.90 Å². The molecule has 5 nitrogen and oxygen atoms in total. The maximum atomic E-state index is 14.3. The minimum atomic E-state index is -2.96. The quantitative estimate of drug-likeness (QED) is 0.392. The van der Waals surface area contributed by atoms with E-state index in [0.29, 0.717) is 16.8 Å². The highest BCUT2D eigenvalue weighted by atomic mass is 32.1. The number of anilines is 1. The molecule has 1 unspecified atom stereocenters. The minimum Gasteiger partial charge on any atom is -0.435 e. The number of alkyl halides is 2. The average molecular weight is 513 g/mol. The van der Waals surface area contributed by atoms with Crippen molar-refractivity contribution in [3.05, 3.63) is 81.5 Å². The maximum absolute atomic E-state index is 14.3. The summed E-state index contributed by atoms with van der Waals surface area (Å²) in [6.07, 6.45) is 3.78. The van der Waals surface area contributed by atoms with Gasteiger partial charge in [-0.1, -0.05) is 12.1 Å². The van der Waals surface area contributed by atoms with E-state index < -0.39 is 18.2 Å². The van der Waals surface area contributed by atoms with Gasteiger partial charge < -0.3 is 10.1 Å². The molecule has 0 saturated heterocycles. The van der Waals surface area contributed by atoms with Crippen LogP contribution in [-0.4, -0.2) is 24.0 Å². The second kappa shape index (κ2) is 10.8. The first-order valence-corrected chi connectivity index (χ1v) is 12.9. The number of benzene rings is 2. The zero-order valence-corrected chi connectivity index (χ0v) is 21.4. The Kier molecular flexibility index (Phi) is 7.73. The van der Waals surface area contributed by atoms with Crippen LogP contribution < -0.4 is 15.0 Å². The Morgan fingerprint density at radius 2 is 1.75 bits per heavy atom. The van der Waals surface area contributed by atoms with E-state index in [1.807, 2.05) is 43.7 Å². The molecule has 4 rings (SSSR count). The van der Waals surface area contributed by atoms with Gasteiger partial charge in [-0.25, -0.2) is 0 Å². The molecule has 1 heterocycles. The molecule has 1 aliphatic rings. The molecule has 0 saturated carbocycles. The number of rotatable bonds is 7. The first kappa shape index (κ1) is 25.8. The molecular weight excluding hydrogens is 482 g/mol. The van der Waals surface area contributed by atoms with Crippen molar-refractivity contribution in [1.82, 2.24) is 5.32 Å². The summed E-state index contributed by atoms with van der Waals surface area (Å²) in [5, 5.41) is 6.72. The number of hydrogen-bond acceptors (Lipinski definition) is 4. The number of nitrogens with zero attached hydrogens (tertiary/aromatic N) is 1. The van der Waals surface area contributed by atoms with Crippen molar-refractivity contribution < 1.29 is 23.1 Å². The van der Waals surface area contributed by atoms with Crippen molar-refractivity contribution in [3.63, 3.8) is 0 Å². The zero-order chi connectivity index (χ0) is 25.9. The Morgan fingerprint density at radius 3 is 2.39 bits per heavy atom. The molecule has 0 bridgehead atoms. The maximum Gasteiger partial charge on any atom is 0.387 e. The van der Waals surface area contributed by atoms with Crippen LogP contribution in [0.5, 0.6) is 5.75 Å². The van der Waals surface area contributed by atoms with Crippen molar-refractivity contribution >= 4 is 28.8 Å². The Hall–Kier alpha value is -3.26. The van der Waals surface area contributed by atoms with Gasteiger partial charge in [-0.2, -0.15) is 20.1 Å². The molecule has 1 aromatic heterocycles. The Labute approximate surface area is 214 Å². The Balaban J connectivity index is 1.84. The van der Waals surface area contributed by atoms with Crippen LogP contribution in [0.2, 0.25) is 0 Å².